The van der Waals surface area contributed by atoms with E-state index in [2.05, 4.69) is 42.5 Å². The van der Waals surface area contributed by atoms with E-state index in [1.807, 2.05) is 95.6 Å². The Morgan fingerprint density at radius 3 is 1.60 bits per heavy atom. The van der Waals surface area contributed by atoms with Gasteiger partial charge in [0.05, 0.1) is 26.5 Å². The zero-order chi connectivity index (χ0) is 28.3. The van der Waals surface area contributed by atoms with Crippen LogP contribution in [0.4, 0.5) is 0 Å². The number of aromatic nitrogens is 2. The van der Waals surface area contributed by atoms with E-state index < -0.39 is 9.84 Å². The molecule has 0 N–H and O–H groups in total. The van der Waals surface area contributed by atoms with E-state index in [0.717, 1.165) is 44.8 Å². The molecule has 0 aliphatic carbocycles. The molecular formula is C37H24N2O2S. The van der Waals surface area contributed by atoms with Crippen LogP contribution in [0.5, 0.6) is 0 Å². The average Bonchev–Trinajstić information content (AvgIpc) is 3.45. The second-order valence-corrected chi connectivity index (χ2v) is 12.4. The van der Waals surface area contributed by atoms with Crippen molar-refractivity contribution in [3.05, 3.63) is 146 Å². The van der Waals surface area contributed by atoms with E-state index in [1.165, 1.54) is 0 Å². The Balaban J connectivity index is 1.37. The largest absolute Gasteiger partial charge is 0.290 e. The topological polar surface area (TPSA) is 52.0 Å². The van der Waals surface area contributed by atoms with Crippen LogP contribution in [-0.4, -0.2) is 18.0 Å². The van der Waals surface area contributed by atoms with Gasteiger partial charge in [-0.3, -0.25) is 4.57 Å². The van der Waals surface area contributed by atoms with Crippen molar-refractivity contribution in [1.29, 1.82) is 0 Å². The molecule has 6 aromatic carbocycles. The fraction of sp³-hybridized carbons (Fsp3) is 0. The summed E-state index contributed by atoms with van der Waals surface area (Å²) in [7, 11) is -3.79. The molecule has 0 spiro atoms. The highest BCUT2D eigenvalue weighted by atomic mass is 32.2. The molecular weight excluding hydrogens is 536 g/mol. The lowest BCUT2D eigenvalue weighted by Crippen LogP contribution is -2.15. The van der Waals surface area contributed by atoms with Crippen LogP contribution in [0.3, 0.4) is 0 Å². The van der Waals surface area contributed by atoms with Crippen LogP contribution in [0.25, 0.3) is 61.5 Å². The van der Waals surface area contributed by atoms with Crippen LogP contribution in [0, 0.1) is 0 Å². The number of nitrogens with zero attached hydrogens (tertiary/aromatic N) is 2. The van der Waals surface area contributed by atoms with Gasteiger partial charge in [0.15, 0.2) is 0 Å². The fourth-order valence-corrected chi connectivity index (χ4v) is 7.59. The molecule has 0 unspecified atom stereocenters. The maximum absolute atomic E-state index is 14.1. The standard InChI is InChI=1S/C37H24N2O2S/c40-42(41)34-18-10-17-32-36(34)39(37(38-32)27-15-8-3-9-16-27)33-20-19-28(24-35(33)42)31-22-29(25-11-4-1-5-12-25)21-30(23-31)26-13-6-2-7-14-26/h1-24H. The van der Waals surface area contributed by atoms with E-state index in [0.29, 0.717) is 16.7 Å². The molecule has 1 aliphatic rings. The molecule has 0 radical (unpaired) electrons. The predicted molar refractivity (Wildman–Crippen MR) is 168 cm³/mol. The summed E-state index contributed by atoms with van der Waals surface area (Å²) in [5.74, 6) is 0.722. The zero-order valence-electron chi connectivity index (χ0n) is 22.5. The van der Waals surface area contributed by atoms with Gasteiger partial charge in [0.1, 0.15) is 5.82 Å². The van der Waals surface area contributed by atoms with Crippen molar-refractivity contribution in [2.45, 2.75) is 9.79 Å². The monoisotopic (exact) mass is 560 g/mol. The van der Waals surface area contributed by atoms with Crippen LogP contribution in [0.15, 0.2) is 155 Å². The Morgan fingerprint density at radius 1 is 0.452 bits per heavy atom. The second kappa shape index (κ2) is 9.40. The van der Waals surface area contributed by atoms with Gasteiger partial charge in [0, 0.05) is 5.56 Å². The third-order valence-corrected chi connectivity index (χ3v) is 9.75. The summed E-state index contributed by atoms with van der Waals surface area (Å²) in [6.07, 6.45) is 0. The number of rotatable bonds is 4. The zero-order valence-corrected chi connectivity index (χ0v) is 23.3. The van der Waals surface area contributed by atoms with E-state index in [4.69, 9.17) is 4.98 Å². The van der Waals surface area contributed by atoms with Crippen molar-refractivity contribution in [3.63, 3.8) is 0 Å². The molecule has 200 valence electrons. The van der Waals surface area contributed by atoms with Crippen molar-refractivity contribution in [1.82, 2.24) is 9.55 Å². The van der Waals surface area contributed by atoms with E-state index >= 15 is 0 Å². The van der Waals surface area contributed by atoms with Gasteiger partial charge in [-0.15, -0.1) is 0 Å². The summed E-state index contributed by atoms with van der Waals surface area (Å²) in [5.41, 5.74) is 8.95. The van der Waals surface area contributed by atoms with Crippen molar-refractivity contribution >= 4 is 20.9 Å². The molecule has 1 aliphatic heterocycles. The predicted octanol–water partition coefficient (Wildman–Crippen LogP) is 8.84. The lowest BCUT2D eigenvalue weighted by molar-refractivity contribution is 0.594. The molecule has 8 rings (SSSR count). The third-order valence-electron chi connectivity index (χ3n) is 7.93. The Labute approximate surface area is 244 Å². The molecule has 0 atom stereocenters. The fourth-order valence-electron chi connectivity index (χ4n) is 5.93. The van der Waals surface area contributed by atoms with Crippen molar-refractivity contribution in [2.75, 3.05) is 0 Å². The molecule has 7 aromatic rings. The maximum Gasteiger partial charge on any atom is 0.210 e. The highest BCUT2D eigenvalue weighted by Gasteiger charge is 2.34. The van der Waals surface area contributed by atoms with Crippen LogP contribution < -0.4 is 0 Å². The summed E-state index contributed by atoms with van der Waals surface area (Å²) in [6, 6.07) is 48.0. The molecule has 1 aromatic heterocycles. The first kappa shape index (κ1) is 24.5. The SMILES string of the molecule is O=S1(=O)c2cc(-c3cc(-c4ccccc4)cc(-c4ccccc4)c3)ccc2-n2c(-c3ccccc3)nc3cccc1c32. The minimum absolute atomic E-state index is 0.279. The number of benzene rings is 6. The first-order valence-corrected chi connectivity index (χ1v) is 15.3. The molecule has 42 heavy (non-hydrogen) atoms. The number of hydrogen-bond donors (Lipinski definition) is 0. The first-order chi connectivity index (χ1) is 20.6. The van der Waals surface area contributed by atoms with E-state index in [1.54, 1.807) is 12.1 Å². The summed E-state index contributed by atoms with van der Waals surface area (Å²) in [4.78, 5) is 5.45. The van der Waals surface area contributed by atoms with Crippen molar-refractivity contribution in [2.24, 2.45) is 0 Å². The van der Waals surface area contributed by atoms with Gasteiger partial charge in [-0.1, -0.05) is 103 Å². The number of para-hydroxylation sites is 1. The number of fused-ring (bicyclic) bond motifs is 2. The Morgan fingerprint density at radius 2 is 1.00 bits per heavy atom. The lowest BCUT2D eigenvalue weighted by Gasteiger charge is -2.22. The van der Waals surface area contributed by atoms with Crippen molar-refractivity contribution in [3.8, 4) is 50.5 Å². The van der Waals surface area contributed by atoms with Gasteiger partial charge in [-0.25, -0.2) is 13.4 Å². The van der Waals surface area contributed by atoms with Gasteiger partial charge < -0.3 is 0 Å². The number of imidazole rings is 1. The first-order valence-electron chi connectivity index (χ1n) is 13.8. The third kappa shape index (κ3) is 3.82. The van der Waals surface area contributed by atoms with E-state index in [-0.39, 0.29) is 9.79 Å². The van der Waals surface area contributed by atoms with Gasteiger partial charge in [0.2, 0.25) is 9.84 Å². The minimum Gasteiger partial charge on any atom is -0.290 e. The molecule has 0 saturated heterocycles. The molecule has 5 heteroatoms. The highest BCUT2D eigenvalue weighted by Crippen LogP contribution is 2.43. The molecule has 4 nitrogen and oxygen atoms in total. The molecule has 2 heterocycles. The van der Waals surface area contributed by atoms with Crippen LogP contribution in [0.1, 0.15) is 0 Å². The van der Waals surface area contributed by atoms with Crippen molar-refractivity contribution < 1.29 is 8.42 Å². The normalized spacial score (nSPS) is 13.1. The Kier molecular flexibility index (Phi) is 5.49. The summed E-state index contributed by atoms with van der Waals surface area (Å²) in [6.45, 7) is 0. The van der Waals surface area contributed by atoms with Crippen LogP contribution in [0.2, 0.25) is 0 Å². The molecule has 0 saturated carbocycles. The van der Waals surface area contributed by atoms with Gasteiger partial charge >= 0.3 is 0 Å². The minimum atomic E-state index is -3.79. The van der Waals surface area contributed by atoms with Crippen LogP contribution >= 0.6 is 0 Å². The Bertz CT molecular complexity index is 2180. The second-order valence-electron chi connectivity index (χ2n) is 10.5. The molecule has 0 bridgehead atoms. The number of sulfone groups is 1. The number of hydrogen-bond acceptors (Lipinski definition) is 3. The van der Waals surface area contributed by atoms with Gasteiger partial charge in [0.25, 0.3) is 0 Å². The average molecular weight is 561 g/mol. The summed E-state index contributed by atoms with van der Waals surface area (Å²) >= 11 is 0. The van der Waals surface area contributed by atoms with Gasteiger partial charge in [-0.05, 0) is 75.8 Å². The summed E-state index contributed by atoms with van der Waals surface area (Å²) in [5, 5.41) is 0. The molecule has 0 fully saturated rings. The Hall–Kier alpha value is -5.26. The highest BCUT2D eigenvalue weighted by molar-refractivity contribution is 7.92. The van der Waals surface area contributed by atoms with Gasteiger partial charge in [-0.2, -0.15) is 0 Å². The van der Waals surface area contributed by atoms with Crippen LogP contribution in [-0.2, 0) is 9.84 Å². The summed E-state index contributed by atoms with van der Waals surface area (Å²) < 4.78 is 30.3. The smallest absolute Gasteiger partial charge is 0.210 e. The lowest BCUT2D eigenvalue weighted by atomic mass is 9.93. The molecule has 0 amide bonds. The van der Waals surface area contributed by atoms with E-state index in [9.17, 15) is 8.42 Å². The quantitative estimate of drug-likeness (QED) is 0.216. The maximum atomic E-state index is 14.1.